The predicted octanol–water partition coefficient (Wildman–Crippen LogP) is 3.61. The van der Waals surface area contributed by atoms with Crippen molar-refractivity contribution in [1.82, 2.24) is 14.5 Å². The van der Waals surface area contributed by atoms with Gasteiger partial charge in [-0.1, -0.05) is 30.7 Å². The predicted molar refractivity (Wildman–Crippen MR) is 131 cm³/mol. The number of nitrogens with one attached hydrogen (secondary N) is 2. The van der Waals surface area contributed by atoms with Gasteiger partial charge in [0, 0.05) is 26.7 Å². The van der Waals surface area contributed by atoms with Crippen LogP contribution in [0.5, 0.6) is 0 Å². The fraction of sp³-hybridized carbons (Fsp3) is 0.455. The zero-order chi connectivity index (χ0) is 23.1. The third-order valence-electron chi connectivity index (χ3n) is 5.29. The first kappa shape index (κ1) is 23.6. The minimum atomic E-state index is -0.312. The molecule has 1 aliphatic rings. The summed E-state index contributed by atoms with van der Waals surface area (Å²) in [6, 6.07) is 5.47. The highest BCUT2D eigenvalue weighted by molar-refractivity contribution is 6.34. The topological polar surface area (TPSA) is 113 Å². The van der Waals surface area contributed by atoms with Gasteiger partial charge in [-0.05, 0) is 44.2 Å². The molecule has 2 heterocycles. The average Bonchev–Trinajstić information content (AvgIpc) is 3.15. The van der Waals surface area contributed by atoms with E-state index in [0.717, 1.165) is 37.9 Å². The highest BCUT2D eigenvalue weighted by Crippen LogP contribution is 2.26. The number of benzene rings is 1. The average molecular weight is 459 g/mol. The third kappa shape index (κ3) is 5.79. The van der Waals surface area contributed by atoms with Gasteiger partial charge in [0.2, 0.25) is 11.9 Å². The van der Waals surface area contributed by atoms with Crippen LogP contribution >= 0.6 is 11.6 Å². The molecule has 0 spiro atoms. The number of carbonyl (C=O) groups excluding carboxylic acids is 1. The molecule has 0 atom stereocenters. The number of amides is 1. The lowest BCUT2D eigenvalue weighted by atomic mass is 10.1. The molecule has 32 heavy (non-hydrogen) atoms. The molecule has 1 aliphatic heterocycles. The van der Waals surface area contributed by atoms with E-state index in [-0.39, 0.29) is 5.91 Å². The van der Waals surface area contributed by atoms with Crippen LogP contribution in [0.2, 0.25) is 5.02 Å². The lowest BCUT2D eigenvalue weighted by Gasteiger charge is -2.27. The number of likely N-dealkylation sites (tertiary alicyclic amines) is 1. The van der Waals surface area contributed by atoms with Gasteiger partial charge in [-0.3, -0.25) is 15.1 Å². The maximum absolute atomic E-state index is 12.9. The van der Waals surface area contributed by atoms with Gasteiger partial charge in [0.25, 0.3) is 5.91 Å². The normalized spacial score (nSPS) is 15.1. The minimum absolute atomic E-state index is 0.312. The number of nitrogens with two attached hydrogens (primary N) is 1. The molecule has 1 saturated heterocycles. The first-order valence-corrected chi connectivity index (χ1v) is 11.3. The molecule has 0 aliphatic carbocycles. The number of guanidine groups is 2. The van der Waals surface area contributed by atoms with Crippen LogP contribution in [0.3, 0.4) is 0 Å². The lowest BCUT2D eigenvalue weighted by molar-refractivity contribution is 0.101. The van der Waals surface area contributed by atoms with E-state index in [1.54, 1.807) is 17.7 Å². The van der Waals surface area contributed by atoms with E-state index >= 15 is 0 Å². The zero-order valence-corrected chi connectivity index (χ0v) is 19.6. The number of nitrogens with zero attached hydrogens (tertiary/aromatic N) is 5. The summed E-state index contributed by atoms with van der Waals surface area (Å²) in [7, 11) is 1.75. The highest BCUT2D eigenvalue weighted by Gasteiger charge is 2.18. The number of para-hydroxylation sites is 1. The summed E-state index contributed by atoms with van der Waals surface area (Å²) in [5.74, 6) is 0.939. The number of aryl methyl sites for hydroxylation is 1. The smallest absolute Gasteiger partial charge is 0.274 e. The van der Waals surface area contributed by atoms with Gasteiger partial charge < -0.3 is 20.5 Å². The molecule has 0 bridgehead atoms. The van der Waals surface area contributed by atoms with E-state index in [0.29, 0.717) is 40.8 Å². The highest BCUT2D eigenvalue weighted by atomic mass is 35.5. The summed E-state index contributed by atoms with van der Waals surface area (Å²) in [4.78, 5) is 28.3. The molecule has 0 saturated carbocycles. The molecule has 0 radical (unpaired) electrons. The largest absolute Gasteiger partial charge is 0.369 e. The SMILES string of the molecule is CCCN=C(N=C(N)N1CCCCC1)Nc1ncc(C(=O)Nc2c(C)cccc2Cl)n1C. The summed E-state index contributed by atoms with van der Waals surface area (Å²) in [5, 5.41) is 6.47. The molecular weight excluding hydrogens is 428 g/mol. The van der Waals surface area contributed by atoms with E-state index in [1.807, 2.05) is 26.0 Å². The second-order valence-electron chi connectivity index (χ2n) is 7.76. The van der Waals surface area contributed by atoms with Crippen molar-refractivity contribution < 1.29 is 4.79 Å². The molecule has 9 nitrogen and oxygen atoms in total. The van der Waals surface area contributed by atoms with Gasteiger partial charge in [-0.25, -0.2) is 4.98 Å². The van der Waals surface area contributed by atoms with Gasteiger partial charge in [-0.15, -0.1) is 0 Å². The molecule has 0 unspecified atom stereocenters. The molecule has 10 heteroatoms. The molecule has 2 aromatic rings. The standard InChI is InChI=1S/C22H31ClN8O/c1-4-11-25-21(28-20(24)31-12-6-5-7-13-31)29-22-26-14-17(30(22)3)19(32)27-18-15(2)9-8-10-16(18)23/h8-10,14H,4-7,11-13H2,1-3H3,(H,27,32)(H3,24,25,26,28,29). The molecule has 172 valence electrons. The van der Waals surface area contributed by atoms with E-state index in [4.69, 9.17) is 17.3 Å². The molecule has 1 amide bonds. The van der Waals surface area contributed by atoms with Crippen LogP contribution in [0.4, 0.5) is 11.6 Å². The van der Waals surface area contributed by atoms with Crippen molar-refractivity contribution in [2.45, 2.75) is 39.5 Å². The summed E-state index contributed by atoms with van der Waals surface area (Å²) >= 11 is 6.24. The summed E-state index contributed by atoms with van der Waals surface area (Å²) in [6.45, 7) is 6.31. The Balaban J connectivity index is 1.77. The lowest BCUT2D eigenvalue weighted by Crippen LogP contribution is -2.41. The first-order chi connectivity index (χ1) is 15.4. The number of anilines is 2. The van der Waals surface area contributed by atoms with Crippen molar-refractivity contribution in [3.63, 3.8) is 0 Å². The maximum atomic E-state index is 12.9. The number of piperidine rings is 1. The maximum Gasteiger partial charge on any atom is 0.274 e. The van der Waals surface area contributed by atoms with Crippen molar-refractivity contribution in [1.29, 1.82) is 0 Å². The van der Waals surface area contributed by atoms with Gasteiger partial charge in [0.15, 0.2) is 5.96 Å². The second kappa shape index (κ2) is 11.0. The van der Waals surface area contributed by atoms with Crippen LogP contribution < -0.4 is 16.4 Å². The monoisotopic (exact) mass is 458 g/mol. The number of carbonyl (C=O) groups is 1. The number of hydrogen-bond acceptors (Lipinski definition) is 3. The van der Waals surface area contributed by atoms with Gasteiger partial charge in [0.1, 0.15) is 5.69 Å². The number of imidazole rings is 1. The Kier molecular flexibility index (Phi) is 8.10. The van der Waals surface area contributed by atoms with Crippen LogP contribution in [0, 0.1) is 6.92 Å². The molecular formula is C22H31ClN8O. The quantitative estimate of drug-likeness (QED) is 0.468. The number of aromatic nitrogens is 2. The van der Waals surface area contributed by atoms with E-state index in [2.05, 4.69) is 30.5 Å². The van der Waals surface area contributed by atoms with Gasteiger partial charge >= 0.3 is 0 Å². The summed E-state index contributed by atoms with van der Waals surface area (Å²) in [6.07, 6.45) is 5.79. The second-order valence-corrected chi connectivity index (χ2v) is 8.17. The Labute approximate surface area is 193 Å². The van der Waals surface area contributed by atoms with Crippen LogP contribution in [-0.4, -0.2) is 51.9 Å². The Bertz CT molecular complexity index is 987. The van der Waals surface area contributed by atoms with Crippen LogP contribution in [0.1, 0.15) is 48.7 Å². The fourth-order valence-corrected chi connectivity index (χ4v) is 3.70. The summed E-state index contributed by atoms with van der Waals surface area (Å²) in [5.41, 5.74) is 8.06. The van der Waals surface area contributed by atoms with Crippen LogP contribution in [-0.2, 0) is 7.05 Å². The van der Waals surface area contributed by atoms with Crippen molar-refractivity contribution >= 4 is 41.1 Å². The van der Waals surface area contributed by atoms with Crippen molar-refractivity contribution in [2.75, 3.05) is 30.3 Å². The molecule has 3 rings (SSSR count). The number of halogens is 1. The Morgan fingerprint density at radius 1 is 1.25 bits per heavy atom. The summed E-state index contributed by atoms with van der Waals surface area (Å²) < 4.78 is 1.65. The Morgan fingerprint density at radius 3 is 2.69 bits per heavy atom. The molecule has 1 fully saturated rings. The van der Waals surface area contributed by atoms with E-state index in [9.17, 15) is 4.79 Å². The Morgan fingerprint density at radius 2 is 2.00 bits per heavy atom. The van der Waals surface area contributed by atoms with Gasteiger partial charge in [-0.2, -0.15) is 4.99 Å². The number of rotatable bonds is 5. The minimum Gasteiger partial charge on any atom is -0.369 e. The van der Waals surface area contributed by atoms with E-state index < -0.39 is 0 Å². The Hall–Kier alpha value is -3.07. The van der Waals surface area contributed by atoms with Crippen molar-refractivity contribution in [2.24, 2.45) is 22.8 Å². The van der Waals surface area contributed by atoms with Crippen molar-refractivity contribution in [3.05, 3.63) is 40.7 Å². The zero-order valence-electron chi connectivity index (χ0n) is 18.9. The van der Waals surface area contributed by atoms with Crippen LogP contribution in [0.15, 0.2) is 34.4 Å². The molecule has 4 N–H and O–H groups in total. The van der Waals surface area contributed by atoms with Gasteiger partial charge in [0.05, 0.1) is 16.9 Å². The number of aliphatic imine (C=N–C) groups is 2. The number of hydrogen-bond donors (Lipinski definition) is 3. The van der Waals surface area contributed by atoms with Crippen LogP contribution in [0.25, 0.3) is 0 Å². The molecule has 1 aromatic heterocycles. The molecule has 1 aromatic carbocycles. The third-order valence-corrected chi connectivity index (χ3v) is 5.61. The van der Waals surface area contributed by atoms with E-state index in [1.165, 1.54) is 12.6 Å². The first-order valence-electron chi connectivity index (χ1n) is 10.9. The fourth-order valence-electron chi connectivity index (χ4n) is 3.43. The van der Waals surface area contributed by atoms with Crippen molar-refractivity contribution in [3.8, 4) is 0 Å².